The summed E-state index contributed by atoms with van der Waals surface area (Å²) in [7, 11) is 0. The number of nitrogens with one attached hydrogen (secondary N) is 1. The third-order valence-electron chi connectivity index (χ3n) is 2.90. The van der Waals surface area contributed by atoms with Crippen molar-refractivity contribution in [2.75, 3.05) is 0 Å². The number of carbonyl (C=O) groups excluding carboxylic acids is 1. The number of alkyl halides is 1. The fraction of sp³-hybridized carbons (Fsp3) is 0.400. The maximum atomic E-state index is 12.0. The summed E-state index contributed by atoms with van der Waals surface area (Å²) in [6.45, 7) is 6.47. The maximum Gasteiger partial charge on any atom is 0.234 e. The Kier molecular flexibility index (Phi) is 3.99. The summed E-state index contributed by atoms with van der Waals surface area (Å²) in [6, 6.07) is 9.77. The van der Waals surface area contributed by atoms with Gasteiger partial charge in [-0.3, -0.25) is 4.79 Å². The molecule has 0 aliphatic rings. The number of halogens is 1. The summed E-state index contributed by atoms with van der Waals surface area (Å²) < 4.78 is 5.65. The van der Waals surface area contributed by atoms with E-state index >= 15 is 0 Å². The van der Waals surface area contributed by atoms with Crippen molar-refractivity contribution < 1.29 is 9.21 Å². The summed E-state index contributed by atoms with van der Waals surface area (Å²) in [6.07, 6.45) is 0. The maximum absolute atomic E-state index is 12.0. The monoisotopic (exact) mass is 323 g/mol. The minimum Gasteiger partial charge on any atom is -0.459 e. The van der Waals surface area contributed by atoms with Crippen molar-refractivity contribution in [3.8, 4) is 0 Å². The average molecular weight is 324 g/mol. The normalized spacial score (nSPS) is 13.5. The predicted molar refractivity (Wildman–Crippen MR) is 80.2 cm³/mol. The number of amides is 1. The van der Waals surface area contributed by atoms with E-state index in [9.17, 15) is 4.79 Å². The second-order valence-electron chi connectivity index (χ2n) is 5.70. The van der Waals surface area contributed by atoms with Crippen LogP contribution in [0.2, 0.25) is 0 Å². The highest BCUT2D eigenvalue weighted by Crippen LogP contribution is 2.26. The molecule has 0 aliphatic carbocycles. The molecular weight excluding hydrogens is 306 g/mol. The van der Waals surface area contributed by atoms with E-state index < -0.39 is 0 Å². The van der Waals surface area contributed by atoms with Crippen LogP contribution in [0.5, 0.6) is 0 Å². The van der Waals surface area contributed by atoms with E-state index in [0.29, 0.717) is 6.54 Å². The van der Waals surface area contributed by atoms with Crippen LogP contribution in [0.25, 0.3) is 11.0 Å². The zero-order valence-electron chi connectivity index (χ0n) is 11.4. The molecule has 0 aliphatic heterocycles. The zero-order chi connectivity index (χ0) is 14.0. The molecule has 19 heavy (non-hydrogen) atoms. The summed E-state index contributed by atoms with van der Waals surface area (Å²) in [5, 5.41) is 3.94. The topological polar surface area (TPSA) is 42.2 Å². The minimum atomic E-state index is -0.218. The average Bonchev–Trinajstić information content (AvgIpc) is 2.76. The van der Waals surface area contributed by atoms with E-state index in [0.717, 1.165) is 16.7 Å². The van der Waals surface area contributed by atoms with Crippen LogP contribution in [0.3, 0.4) is 0 Å². The van der Waals surface area contributed by atoms with Crippen molar-refractivity contribution in [3.63, 3.8) is 0 Å². The van der Waals surface area contributed by atoms with E-state index in [1.807, 2.05) is 51.1 Å². The Morgan fingerprint density at radius 1 is 1.37 bits per heavy atom. The van der Waals surface area contributed by atoms with Crippen LogP contribution >= 0.6 is 15.9 Å². The van der Waals surface area contributed by atoms with E-state index in [2.05, 4.69) is 21.2 Å². The summed E-state index contributed by atoms with van der Waals surface area (Å²) >= 11 is 3.43. The number of furan rings is 1. The second-order valence-corrected chi connectivity index (χ2v) is 6.61. The molecule has 1 aromatic carbocycles. The van der Waals surface area contributed by atoms with Crippen molar-refractivity contribution in [1.82, 2.24) is 5.32 Å². The van der Waals surface area contributed by atoms with E-state index in [1.165, 1.54) is 0 Å². The molecule has 1 heterocycles. The Morgan fingerprint density at radius 3 is 2.68 bits per heavy atom. The fourth-order valence-corrected chi connectivity index (χ4v) is 1.94. The smallest absolute Gasteiger partial charge is 0.234 e. The number of hydrogen-bond donors (Lipinski definition) is 1. The Bertz CT molecular complexity index is 550. The molecule has 0 radical (unpaired) electrons. The quantitative estimate of drug-likeness (QED) is 0.871. The highest BCUT2D eigenvalue weighted by molar-refractivity contribution is 9.10. The fourth-order valence-electron chi connectivity index (χ4n) is 1.78. The lowest BCUT2D eigenvalue weighted by molar-refractivity contribution is -0.122. The molecular formula is C15H18BrNO2. The van der Waals surface area contributed by atoms with Crippen LogP contribution in [0, 0.1) is 5.41 Å². The lowest BCUT2D eigenvalue weighted by atomic mass is 9.92. The first-order chi connectivity index (χ1) is 8.88. The van der Waals surface area contributed by atoms with Gasteiger partial charge in [-0.05, 0) is 17.5 Å². The molecule has 0 saturated heterocycles. The number of hydrogen-bond acceptors (Lipinski definition) is 2. The standard InChI is InChI=1S/C15H18BrNO2/c1-15(2,3)13(16)14(18)17-9-11-8-10-6-4-5-7-12(10)19-11/h4-8,13H,9H2,1-3H3,(H,17,18)/t13-/m1/s1. The van der Waals surface area contributed by atoms with Gasteiger partial charge in [-0.15, -0.1) is 0 Å². The molecule has 0 fully saturated rings. The molecule has 0 spiro atoms. The Morgan fingerprint density at radius 2 is 2.05 bits per heavy atom. The van der Waals surface area contributed by atoms with Crippen molar-refractivity contribution >= 4 is 32.8 Å². The van der Waals surface area contributed by atoms with Gasteiger partial charge < -0.3 is 9.73 Å². The molecule has 1 amide bonds. The van der Waals surface area contributed by atoms with Gasteiger partial charge in [0.15, 0.2) is 0 Å². The molecule has 2 aromatic rings. The highest BCUT2D eigenvalue weighted by atomic mass is 79.9. The summed E-state index contributed by atoms with van der Waals surface area (Å²) in [5.41, 5.74) is 0.732. The third-order valence-corrected chi connectivity index (χ3v) is 4.69. The van der Waals surface area contributed by atoms with Gasteiger partial charge in [-0.25, -0.2) is 0 Å². The van der Waals surface area contributed by atoms with Gasteiger partial charge in [0, 0.05) is 5.39 Å². The highest BCUT2D eigenvalue weighted by Gasteiger charge is 2.28. The third kappa shape index (κ3) is 3.38. The van der Waals surface area contributed by atoms with Crippen molar-refractivity contribution in [2.24, 2.45) is 5.41 Å². The Balaban J connectivity index is 2.01. The lowest BCUT2D eigenvalue weighted by Crippen LogP contribution is -2.38. The SMILES string of the molecule is CC(C)(C)[C@H](Br)C(=O)NCc1cc2ccccc2o1. The number of para-hydroxylation sites is 1. The van der Waals surface area contributed by atoms with Crippen LogP contribution < -0.4 is 5.32 Å². The van der Waals surface area contributed by atoms with Crippen LogP contribution in [-0.2, 0) is 11.3 Å². The molecule has 4 heteroatoms. The number of fused-ring (bicyclic) bond motifs is 1. The molecule has 1 atom stereocenters. The number of rotatable bonds is 3. The van der Waals surface area contributed by atoms with Gasteiger partial charge in [-0.1, -0.05) is 54.9 Å². The molecule has 0 unspecified atom stereocenters. The van der Waals surface area contributed by atoms with Crippen molar-refractivity contribution in [2.45, 2.75) is 32.1 Å². The van der Waals surface area contributed by atoms with Gasteiger partial charge in [-0.2, -0.15) is 0 Å². The summed E-state index contributed by atoms with van der Waals surface area (Å²) in [5.74, 6) is 0.746. The largest absolute Gasteiger partial charge is 0.459 e. The lowest BCUT2D eigenvalue weighted by Gasteiger charge is -2.24. The van der Waals surface area contributed by atoms with E-state index in [4.69, 9.17) is 4.42 Å². The van der Waals surface area contributed by atoms with E-state index in [1.54, 1.807) is 0 Å². The molecule has 1 N–H and O–H groups in total. The van der Waals surface area contributed by atoms with Gasteiger partial charge >= 0.3 is 0 Å². The van der Waals surface area contributed by atoms with Gasteiger partial charge in [0.05, 0.1) is 11.4 Å². The van der Waals surface area contributed by atoms with Crippen LogP contribution in [0.4, 0.5) is 0 Å². The van der Waals surface area contributed by atoms with Crippen LogP contribution in [0.15, 0.2) is 34.7 Å². The van der Waals surface area contributed by atoms with Gasteiger partial charge in [0.25, 0.3) is 0 Å². The first kappa shape index (κ1) is 14.1. The molecule has 2 rings (SSSR count). The molecule has 3 nitrogen and oxygen atoms in total. The Hall–Kier alpha value is -1.29. The first-order valence-electron chi connectivity index (χ1n) is 6.27. The van der Waals surface area contributed by atoms with Gasteiger partial charge in [0.1, 0.15) is 11.3 Å². The van der Waals surface area contributed by atoms with Gasteiger partial charge in [0.2, 0.25) is 5.91 Å². The number of benzene rings is 1. The van der Waals surface area contributed by atoms with Crippen LogP contribution in [0.1, 0.15) is 26.5 Å². The zero-order valence-corrected chi connectivity index (χ0v) is 13.0. The molecule has 1 aromatic heterocycles. The number of carbonyl (C=O) groups is 1. The first-order valence-corrected chi connectivity index (χ1v) is 7.19. The molecule has 0 saturated carbocycles. The minimum absolute atomic E-state index is 0.0204. The molecule has 102 valence electrons. The second kappa shape index (κ2) is 5.37. The Labute approximate surface area is 121 Å². The van der Waals surface area contributed by atoms with Crippen LogP contribution in [-0.4, -0.2) is 10.7 Å². The molecule has 0 bridgehead atoms. The predicted octanol–water partition coefficient (Wildman–Crippen LogP) is 3.86. The van der Waals surface area contributed by atoms with Crippen molar-refractivity contribution in [1.29, 1.82) is 0 Å². The van der Waals surface area contributed by atoms with E-state index in [-0.39, 0.29) is 16.1 Å². The van der Waals surface area contributed by atoms with Crippen molar-refractivity contribution in [3.05, 3.63) is 36.1 Å². The summed E-state index contributed by atoms with van der Waals surface area (Å²) in [4.78, 5) is 11.8.